The number of nitrogens with zero attached hydrogens (tertiary/aromatic N) is 1. The summed E-state index contributed by atoms with van der Waals surface area (Å²) in [5, 5.41) is 10.0. The van der Waals surface area contributed by atoms with Gasteiger partial charge in [-0.25, -0.2) is 9.18 Å². The molecule has 0 aromatic heterocycles. The molecule has 0 spiro atoms. The molecule has 1 aromatic rings. The van der Waals surface area contributed by atoms with Crippen LogP contribution in [0.4, 0.5) is 30.7 Å². The molecule has 8 nitrogen and oxygen atoms in total. The number of hydrogen-bond acceptors (Lipinski definition) is 5. The monoisotopic (exact) mass is 573 g/mol. The van der Waals surface area contributed by atoms with Crippen LogP contribution in [0.3, 0.4) is 0 Å². The maximum Gasteiger partial charge on any atom is 0.573 e. The van der Waals surface area contributed by atoms with Gasteiger partial charge in [0.15, 0.2) is 0 Å². The van der Waals surface area contributed by atoms with Crippen LogP contribution in [-0.2, 0) is 9.59 Å². The van der Waals surface area contributed by atoms with Crippen LogP contribution in [0.2, 0.25) is 0 Å². The number of ether oxygens (including phenoxy) is 1. The molecule has 2 aliphatic rings. The largest absolute Gasteiger partial charge is 0.573 e. The molecule has 1 saturated heterocycles. The van der Waals surface area contributed by atoms with Gasteiger partial charge in [-0.15, -0.1) is 13.2 Å². The van der Waals surface area contributed by atoms with E-state index in [0.29, 0.717) is 25.8 Å². The van der Waals surface area contributed by atoms with Crippen molar-refractivity contribution in [1.29, 1.82) is 0 Å². The zero-order valence-electron chi connectivity index (χ0n) is 20.9. The van der Waals surface area contributed by atoms with E-state index in [0.717, 1.165) is 25.0 Å². The van der Waals surface area contributed by atoms with Crippen molar-refractivity contribution >= 4 is 17.8 Å². The third kappa shape index (κ3) is 10.2. The van der Waals surface area contributed by atoms with E-state index in [9.17, 15) is 40.3 Å². The minimum absolute atomic E-state index is 0.0565. The fraction of sp³-hybridized carbons (Fsp3) is 0.625. The fourth-order valence-electron chi connectivity index (χ4n) is 4.51. The number of carbonyl (C=O) groups is 3. The van der Waals surface area contributed by atoms with Gasteiger partial charge in [-0.05, 0) is 68.2 Å². The van der Waals surface area contributed by atoms with E-state index in [-0.39, 0.29) is 47.5 Å². The maximum atomic E-state index is 13.4. The van der Waals surface area contributed by atoms with Crippen molar-refractivity contribution in [2.24, 2.45) is 17.6 Å². The van der Waals surface area contributed by atoms with Gasteiger partial charge in [0.05, 0.1) is 12.6 Å². The van der Waals surface area contributed by atoms with E-state index >= 15 is 0 Å². The molecule has 1 aliphatic carbocycles. The predicted octanol–water partition coefficient (Wildman–Crippen LogP) is 4.04. The first-order chi connectivity index (χ1) is 18.0. The SMILES string of the molecule is C[C@@H](C1CCC(NC(=O)c2ccc(OC(F)(F)F)cc2)CC1)[C@H](N)C(=O)N1CC[C@H](F)C1.O=C(O)C(F)(F)F. The highest BCUT2D eigenvalue weighted by Crippen LogP contribution is 2.32. The minimum Gasteiger partial charge on any atom is -0.475 e. The summed E-state index contributed by atoms with van der Waals surface area (Å²) in [5.41, 5.74) is 6.44. The van der Waals surface area contributed by atoms with Crippen LogP contribution in [0.1, 0.15) is 49.4 Å². The molecule has 4 N–H and O–H groups in total. The molecule has 1 aromatic carbocycles. The zero-order chi connectivity index (χ0) is 29.5. The highest BCUT2D eigenvalue weighted by Gasteiger charge is 2.38. The van der Waals surface area contributed by atoms with E-state index in [1.807, 2.05) is 6.92 Å². The number of carboxylic acids is 1. The Morgan fingerprint density at radius 3 is 2.00 bits per heavy atom. The maximum absolute atomic E-state index is 13.4. The summed E-state index contributed by atoms with van der Waals surface area (Å²) in [6.07, 6.45) is -7.48. The molecule has 0 radical (unpaired) electrons. The fourth-order valence-corrected chi connectivity index (χ4v) is 4.51. The highest BCUT2D eigenvalue weighted by atomic mass is 19.4. The normalized spacial score (nSPS) is 23.2. The Morgan fingerprint density at radius 1 is 1.03 bits per heavy atom. The number of carboxylic acid groups (broad SMARTS) is 1. The summed E-state index contributed by atoms with van der Waals surface area (Å²) in [5.74, 6) is -3.53. The van der Waals surface area contributed by atoms with Crippen LogP contribution < -0.4 is 15.8 Å². The Kier molecular flexibility index (Phi) is 11.0. The van der Waals surface area contributed by atoms with Gasteiger partial charge in [0.2, 0.25) is 5.91 Å². The van der Waals surface area contributed by atoms with Crippen LogP contribution in [0.5, 0.6) is 5.75 Å². The molecule has 1 saturated carbocycles. The van der Waals surface area contributed by atoms with Crippen molar-refractivity contribution in [3.63, 3.8) is 0 Å². The molecule has 1 heterocycles. The van der Waals surface area contributed by atoms with Gasteiger partial charge >= 0.3 is 18.5 Å². The molecule has 0 bridgehead atoms. The summed E-state index contributed by atoms with van der Waals surface area (Å²) in [7, 11) is 0. The highest BCUT2D eigenvalue weighted by molar-refractivity contribution is 5.94. The number of hydrogen-bond donors (Lipinski definition) is 3. The molecule has 2 fully saturated rings. The molecule has 39 heavy (non-hydrogen) atoms. The van der Waals surface area contributed by atoms with E-state index in [4.69, 9.17) is 15.6 Å². The van der Waals surface area contributed by atoms with E-state index in [2.05, 4.69) is 10.1 Å². The van der Waals surface area contributed by atoms with Crippen LogP contribution >= 0.6 is 0 Å². The lowest BCUT2D eigenvalue weighted by Gasteiger charge is -2.35. The number of alkyl halides is 7. The number of halogens is 7. The third-order valence-corrected chi connectivity index (χ3v) is 6.74. The Hall–Kier alpha value is -3.10. The number of rotatable bonds is 6. The lowest BCUT2D eigenvalue weighted by molar-refractivity contribution is -0.274. The molecular weight excluding hydrogens is 543 g/mol. The van der Waals surface area contributed by atoms with Crippen molar-refractivity contribution in [3.05, 3.63) is 29.8 Å². The lowest BCUT2D eigenvalue weighted by atomic mass is 9.76. The number of benzene rings is 1. The second-order valence-electron chi connectivity index (χ2n) is 9.52. The quantitative estimate of drug-likeness (QED) is 0.442. The summed E-state index contributed by atoms with van der Waals surface area (Å²) < 4.78 is 85.7. The number of nitrogens with two attached hydrogens (primary N) is 1. The molecule has 3 atom stereocenters. The van der Waals surface area contributed by atoms with Gasteiger partial charge < -0.3 is 25.8 Å². The summed E-state index contributed by atoms with van der Waals surface area (Å²) in [6, 6.07) is 4.05. The standard InChI is InChI=1S/C22H29F4N3O3.C2HF3O2/c1-13(19(27)21(31)29-11-10-16(23)12-29)14-2-6-17(7-3-14)28-20(30)15-4-8-18(9-5-15)32-22(24,25)26;3-2(4,5)1(6)7/h4-5,8-9,13-14,16-17,19H,2-3,6-7,10-12,27H2,1H3,(H,28,30);(H,6,7)/t13-,14?,16-,17?,19-;/m0./s1. The van der Waals surface area contributed by atoms with Crippen molar-refractivity contribution in [1.82, 2.24) is 10.2 Å². The first-order valence-electron chi connectivity index (χ1n) is 12.1. The Balaban J connectivity index is 0.000000673. The van der Waals surface area contributed by atoms with Crippen molar-refractivity contribution < 1.29 is 55.0 Å². The van der Waals surface area contributed by atoms with E-state index in [1.165, 1.54) is 17.0 Å². The number of carbonyl (C=O) groups excluding carboxylic acids is 2. The van der Waals surface area contributed by atoms with Gasteiger partial charge in [-0.1, -0.05) is 6.92 Å². The summed E-state index contributed by atoms with van der Waals surface area (Å²) >= 11 is 0. The summed E-state index contributed by atoms with van der Waals surface area (Å²) in [6.45, 7) is 2.46. The Morgan fingerprint density at radius 2 is 1.56 bits per heavy atom. The Bertz CT molecular complexity index is 980. The summed E-state index contributed by atoms with van der Waals surface area (Å²) in [4.78, 5) is 35.4. The van der Waals surface area contributed by atoms with Crippen molar-refractivity contribution in [2.45, 2.75) is 69.8 Å². The second-order valence-corrected chi connectivity index (χ2v) is 9.52. The number of amides is 2. The minimum atomic E-state index is -5.08. The number of likely N-dealkylation sites (tertiary alicyclic amines) is 1. The molecule has 3 rings (SSSR count). The molecular formula is C24H30F7N3O5. The smallest absolute Gasteiger partial charge is 0.475 e. The topological polar surface area (TPSA) is 122 Å². The first-order valence-corrected chi connectivity index (χ1v) is 12.1. The van der Waals surface area contributed by atoms with Gasteiger partial charge in [-0.3, -0.25) is 9.59 Å². The van der Waals surface area contributed by atoms with Gasteiger partial charge in [-0.2, -0.15) is 13.2 Å². The van der Waals surface area contributed by atoms with E-state index < -0.39 is 30.7 Å². The van der Waals surface area contributed by atoms with Crippen molar-refractivity contribution in [2.75, 3.05) is 13.1 Å². The van der Waals surface area contributed by atoms with Gasteiger partial charge in [0.25, 0.3) is 5.91 Å². The van der Waals surface area contributed by atoms with Crippen LogP contribution in [0.25, 0.3) is 0 Å². The lowest BCUT2D eigenvalue weighted by Crippen LogP contribution is -2.49. The molecule has 1 aliphatic heterocycles. The Labute approximate surface area is 219 Å². The third-order valence-electron chi connectivity index (χ3n) is 6.74. The number of nitrogens with one attached hydrogen (secondary N) is 1. The number of aliphatic carboxylic acids is 1. The van der Waals surface area contributed by atoms with Gasteiger partial charge in [0, 0.05) is 18.2 Å². The molecule has 2 amide bonds. The van der Waals surface area contributed by atoms with Crippen LogP contribution in [-0.4, -0.2) is 71.7 Å². The first kappa shape index (κ1) is 32.1. The molecule has 220 valence electrons. The van der Waals surface area contributed by atoms with Crippen molar-refractivity contribution in [3.8, 4) is 5.75 Å². The van der Waals surface area contributed by atoms with Crippen LogP contribution in [0, 0.1) is 11.8 Å². The second kappa shape index (κ2) is 13.3. The van der Waals surface area contributed by atoms with Crippen LogP contribution in [0.15, 0.2) is 24.3 Å². The average Bonchev–Trinajstić information content (AvgIpc) is 3.28. The molecule has 0 unspecified atom stereocenters. The van der Waals surface area contributed by atoms with E-state index in [1.54, 1.807) is 0 Å². The predicted molar refractivity (Wildman–Crippen MR) is 123 cm³/mol. The average molecular weight is 574 g/mol. The molecule has 15 heteroatoms. The van der Waals surface area contributed by atoms with Gasteiger partial charge in [0.1, 0.15) is 11.9 Å². The zero-order valence-corrected chi connectivity index (χ0v) is 20.9.